The van der Waals surface area contributed by atoms with Crippen molar-refractivity contribution in [2.75, 3.05) is 26.2 Å². The Morgan fingerprint density at radius 3 is 2.34 bits per heavy atom. The van der Waals surface area contributed by atoms with E-state index in [0.29, 0.717) is 5.56 Å². The molecule has 9 nitrogen and oxygen atoms in total. The zero-order valence-electron chi connectivity index (χ0n) is 17.4. The van der Waals surface area contributed by atoms with E-state index >= 15 is 0 Å². The Morgan fingerprint density at radius 2 is 1.86 bits per heavy atom. The van der Waals surface area contributed by atoms with Gasteiger partial charge < -0.3 is 14.4 Å². The number of amides is 1. The highest BCUT2D eigenvalue weighted by molar-refractivity contribution is 5.79. The van der Waals surface area contributed by atoms with Crippen LogP contribution in [0.25, 0.3) is 0 Å². The molecule has 1 aromatic rings. The van der Waals surface area contributed by atoms with Crippen LogP contribution in [0.2, 0.25) is 0 Å². The van der Waals surface area contributed by atoms with Crippen molar-refractivity contribution in [1.82, 2.24) is 9.88 Å². The van der Waals surface area contributed by atoms with E-state index in [9.17, 15) is 19.7 Å². The lowest BCUT2D eigenvalue weighted by Gasteiger charge is -2.43. The number of ether oxygens (including phenoxy) is 2. The molecule has 29 heavy (non-hydrogen) atoms. The molecule has 160 valence electrons. The van der Waals surface area contributed by atoms with Crippen LogP contribution in [-0.4, -0.2) is 58.7 Å². The molecule has 1 fully saturated rings. The zero-order valence-corrected chi connectivity index (χ0v) is 17.4. The van der Waals surface area contributed by atoms with Gasteiger partial charge in [0.1, 0.15) is 5.60 Å². The van der Waals surface area contributed by atoms with E-state index in [1.165, 1.54) is 0 Å². The molecule has 0 spiro atoms. The summed E-state index contributed by atoms with van der Waals surface area (Å²) >= 11 is 0. The third-order valence-electron chi connectivity index (χ3n) is 5.10. The van der Waals surface area contributed by atoms with E-state index in [2.05, 4.69) is 4.98 Å². The van der Waals surface area contributed by atoms with Crippen LogP contribution < -0.4 is 0 Å². The van der Waals surface area contributed by atoms with Crippen molar-refractivity contribution in [2.45, 2.75) is 52.1 Å². The van der Waals surface area contributed by atoms with Crippen LogP contribution in [-0.2, 0) is 14.3 Å². The number of carbonyl (C=O) groups is 2. The van der Waals surface area contributed by atoms with Crippen LogP contribution in [0.15, 0.2) is 24.5 Å². The SMILES string of the molecule is CCOC(=O)C1(C(C[N+](=O)[O-])c2ccncc2)CCN(C(=O)OC(C)(C)C)CC1. The summed E-state index contributed by atoms with van der Waals surface area (Å²) in [4.78, 5) is 42.0. The topological polar surface area (TPSA) is 112 Å². The highest BCUT2D eigenvalue weighted by Gasteiger charge is 2.52. The summed E-state index contributed by atoms with van der Waals surface area (Å²) in [6, 6.07) is 3.38. The number of hydrogen-bond donors (Lipinski definition) is 0. The number of piperidine rings is 1. The molecule has 0 N–H and O–H groups in total. The molecular weight excluding hydrogens is 378 g/mol. The molecule has 2 heterocycles. The number of hydrogen-bond acceptors (Lipinski definition) is 7. The van der Waals surface area contributed by atoms with Crippen molar-refractivity contribution in [1.29, 1.82) is 0 Å². The number of nitro groups is 1. The molecule has 1 aliphatic heterocycles. The lowest BCUT2D eigenvalue weighted by molar-refractivity contribution is -0.486. The highest BCUT2D eigenvalue weighted by atomic mass is 16.6. The fourth-order valence-corrected chi connectivity index (χ4v) is 3.73. The highest BCUT2D eigenvalue weighted by Crippen LogP contribution is 2.46. The van der Waals surface area contributed by atoms with Crippen LogP contribution in [0, 0.1) is 15.5 Å². The molecule has 1 amide bonds. The maximum atomic E-state index is 13.0. The maximum Gasteiger partial charge on any atom is 0.410 e. The molecule has 1 aromatic heterocycles. The van der Waals surface area contributed by atoms with Gasteiger partial charge in [-0.05, 0) is 58.2 Å². The van der Waals surface area contributed by atoms with E-state index in [1.807, 2.05) is 0 Å². The van der Waals surface area contributed by atoms with Gasteiger partial charge in [0.05, 0.1) is 17.9 Å². The third kappa shape index (κ3) is 5.65. The number of pyridine rings is 1. The van der Waals surface area contributed by atoms with E-state index < -0.39 is 40.5 Å². The van der Waals surface area contributed by atoms with Gasteiger partial charge in [0.15, 0.2) is 0 Å². The van der Waals surface area contributed by atoms with E-state index in [1.54, 1.807) is 57.1 Å². The van der Waals surface area contributed by atoms with E-state index in [0.717, 1.165) is 0 Å². The van der Waals surface area contributed by atoms with Gasteiger partial charge in [-0.2, -0.15) is 0 Å². The summed E-state index contributed by atoms with van der Waals surface area (Å²) in [5.74, 6) is -1.15. The first-order valence-corrected chi connectivity index (χ1v) is 9.76. The number of likely N-dealkylation sites (tertiary alicyclic amines) is 1. The summed E-state index contributed by atoms with van der Waals surface area (Å²) < 4.78 is 10.8. The molecule has 2 rings (SSSR count). The quantitative estimate of drug-likeness (QED) is 0.405. The second-order valence-corrected chi connectivity index (χ2v) is 8.19. The van der Waals surface area contributed by atoms with Crippen molar-refractivity contribution in [3.8, 4) is 0 Å². The van der Waals surface area contributed by atoms with Gasteiger partial charge in [0, 0.05) is 30.4 Å². The summed E-state index contributed by atoms with van der Waals surface area (Å²) in [5.41, 5.74) is -1.06. The first-order valence-electron chi connectivity index (χ1n) is 9.76. The Kier molecular flexibility index (Phi) is 7.16. The van der Waals surface area contributed by atoms with Crippen molar-refractivity contribution in [2.24, 2.45) is 5.41 Å². The van der Waals surface area contributed by atoms with Gasteiger partial charge in [-0.3, -0.25) is 19.9 Å². The number of aromatic nitrogens is 1. The molecule has 0 aliphatic carbocycles. The molecule has 0 bridgehead atoms. The predicted octanol–water partition coefficient (Wildman–Crippen LogP) is 3.02. The Bertz CT molecular complexity index is 723. The van der Waals surface area contributed by atoms with E-state index in [-0.39, 0.29) is 32.5 Å². The largest absolute Gasteiger partial charge is 0.466 e. The Hall–Kier alpha value is -2.71. The molecule has 1 atom stereocenters. The van der Waals surface area contributed by atoms with Crippen LogP contribution in [0.3, 0.4) is 0 Å². The van der Waals surface area contributed by atoms with Crippen LogP contribution >= 0.6 is 0 Å². The maximum absolute atomic E-state index is 13.0. The monoisotopic (exact) mass is 407 g/mol. The first kappa shape index (κ1) is 22.6. The second-order valence-electron chi connectivity index (χ2n) is 8.19. The standard InChI is InChI=1S/C20H29N3O6/c1-5-28-17(24)20(16(14-23(26)27)15-6-10-21-11-7-15)8-12-22(13-9-20)18(25)29-19(2,3)4/h6-7,10-11,16H,5,8-9,12-14H2,1-4H3. The molecule has 0 radical (unpaired) electrons. The zero-order chi connectivity index (χ0) is 21.7. The lowest BCUT2D eigenvalue weighted by atomic mass is 9.66. The molecule has 1 saturated heterocycles. The number of rotatable bonds is 6. The number of esters is 1. The molecule has 9 heteroatoms. The fourth-order valence-electron chi connectivity index (χ4n) is 3.73. The van der Waals surface area contributed by atoms with Gasteiger partial charge in [0.25, 0.3) is 0 Å². The Labute approximate surface area is 170 Å². The van der Waals surface area contributed by atoms with Crippen molar-refractivity contribution in [3.63, 3.8) is 0 Å². The third-order valence-corrected chi connectivity index (χ3v) is 5.10. The molecule has 0 aromatic carbocycles. The van der Waals surface area contributed by atoms with Gasteiger partial charge in [0.2, 0.25) is 6.54 Å². The van der Waals surface area contributed by atoms with Gasteiger partial charge in [-0.25, -0.2) is 4.79 Å². The summed E-state index contributed by atoms with van der Waals surface area (Å²) in [5, 5.41) is 11.4. The minimum atomic E-state index is -1.09. The van der Waals surface area contributed by atoms with Crippen LogP contribution in [0.1, 0.15) is 52.0 Å². The lowest BCUT2D eigenvalue weighted by Crippen LogP contribution is -2.52. The van der Waals surface area contributed by atoms with E-state index in [4.69, 9.17) is 9.47 Å². The molecule has 1 aliphatic rings. The Balaban J connectivity index is 2.33. The fraction of sp³-hybridized carbons (Fsp3) is 0.650. The van der Waals surface area contributed by atoms with Crippen LogP contribution in [0.5, 0.6) is 0 Å². The second kappa shape index (κ2) is 9.19. The van der Waals surface area contributed by atoms with Crippen molar-refractivity contribution in [3.05, 3.63) is 40.2 Å². The van der Waals surface area contributed by atoms with Gasteiger partial charge in [-0.15, -0.1) is 0 Å². The Morgan fingerprint density at radius 1 is 1.28 bits per heavy atom. The summed E-state index contributed by atoms with van der Waals surface area (Å²) in [6.07, 6.45) is 3.16. The van der Waals surface area contributed by atoms with Crippen molar-refractivity contribution >= 4 is 12.1 Å². The normalized spacial score (nSPS) is 17.3. The molecule has 1 unspecified atom stereocenters. The minimum absolute atomic E-state index is 0.178. The van der Waals surface area contributed by atoms with Gasteiger partial charge in [-0.1, -0.05) is 0 Å². The van der Waals surface area contributed by atoms with Crippen LogP contribution in [0.4, 0.5) is 4.79 Å². The van der Waals surface area contributed by atoms with Gasteiger partial charge >= 0.3 is 12.1 Å². The smallest absolute Gasteiger partial charge is 0.410 e. The number of carbonyl (C=O) groups excluding carboxylic acids is 2. The average molecular weight is 407 g/mol. The summed E-state index contributed by atoms with van der Waals surface area (Å²) in [6.45, 7) is 7.35. The predicted molar refractivity (Wildman–Crippen MR) is 105 cm³/mol. The molecular formula is C20H29N3O6. The first-order chi connectivity index (χ1) is 13.6. The number of nitrogens with zero attached hydrogens (tertiary/aromatic N) is 3. The van der Waals surface area contributed by atoms with Crippen molar-refractivity contribution < 1.29 is 24.0 Å². The molecule has 0 saturated carbocycles. The minimum Gasteiger partial charge on any atom is -0.466 e. The average Bonchev–Trinajstić information content (AvgIpc) is 2.65. The summed E-state index contributed by atoms with van der Waals surface area (Å²) in [7, 11) is 0.